The lowest BCUT2D eigenvalue weighted by Gasteiger charge is -2.33. The predicted octanol–water partition coefficient (Wildman–Crippen LogP) is 3.60. The van der Waals surface area contributed by atoms with Crippen LogP contribution in [0.15, 0.2) is 6.33 Å². The number of rotatable bonds is 3. The summed E-state index contributed by atoms with van der Waals surface area (Å²) in [7, 11) is 0. The van der Waals surface area contributed by atoms with Crippen molar-refractivity contribution in [2.24, 2.45) is 11.8 Å². The summed E-state index contributed by atoms with van der Waals surface area (Å²) in [6, 6.07) is 0. The van der Waals surface area contributed by atoms with Crippen LogP contribution in [0.5, 0.6) is 0 Å². The van der Waals surface area contributed by atoms with Crippen molar-refractivity contribution < 1.29 is 9.53 Å². The van der Waals surface area contributed by atoms with Crippen molar-refractivity contribution in [2.45, 2.75) is 46.0 Å². The minimum Gasteiger partial charge on any atom is -0.466 e. The number of carbonyl (C=O) groups is 1. The van der Waals surface area contributed by atoms with Gasteiger partial charge < -0.3 is 9.64 Å². The molecule has 25 heavy (non-hydrogen) atoms. The van der Waals surface area contributed by atoms with Gasteiger partial charge in [-0.2, -0.15) is 0 Å². The maximum absolute atomic E-state index is 12.2. The number of aromatic nitrogens is 2. The van der Waals surface area contributed by atoms with Gasteiger partial charge in [-0.1, -0.05) is 6.92 Å². The Morgan fingerprint density at radius 2 is 2.28 bits per heavy atom. The second kappa shape index (κ2) is 6.90. The predicted molar refractivity (Wildman–Crippen MR) is 100 cm³/mol. The molecule has 2 aromatic heterocycles. The summed E-state index contributed by atoms with van der Waals surface area (Å²) < 4.78 is 5.24. The van der Waals surface area contributed by atoms with Gasteiger partial charge >= 0.3 is 5.97 Å². The van der Waals surface area contributed by atoms with Crippen molar-refractivity contribution in [1.29, 1.82) is 0 Å². The van der Waals surface area contributed by atoms with E-state index in [1.54, 1.807) is 6.33 Å². The summed E-state index contributed by atoms with van der Waals surface area (Å²) in [6.07, 6.45) is 7.09. The van der Waals surface area contributed by atoms with Gasteiger partial charge in [0.25, 0.3) is 0 Å². The molecule has 0 N–H and O–H groups in total. The van der Waals surface area contributed by atoms with Crippen LogP contribution in [0.1, 0.15) is 43.6 Å². The van der Waals surface area contributed by atoms with Gasteiger partial charge in [-0.25, -0.2) is 9.97 Å². The van der Waals surface area contributed by atoms with Crippen molar-refractivity contribution in [3.05, 3.63) is 16.8 Å². The second-order valence-corrected chi connectivity index (χ2v) is 8.35. The Kier molecular flexibility index (Phi) is 4.63. The van der Waals surface area contributed by atoms with Crippen LogP contribution in [0.25, 0.3) is 10.2 Å². The number of hydrogen-bond acceptors (Lipinski definition) is 6. The first kappa shape index (κ1) is 16.8. The Bertz CT molecular complexity index is 788. The molecule has 1 fully saturated rings. The molecular weight excluding hydrogens is 334 g/mol. The van der Waals surface area contributed by atoms with E-state index in [4.69, 9.17) is 4.74 Å². The molecule has 0 saturated carbocycles. The molecule has 1 aliphatic heterocycles. The molecule has 0 aromatic carbocycles. The normalized spacial score (nSPS) is 23.5. The van der Waals surface area contributed by atoms with E-state index in [1.807, 2.05) is 18.3 Å². The van der Waals surface area contributed by atoms with Gasteiger partial charge in [0.1, 0.15) is 17.0 Å². The zero-order valence-electron chi connectivity index (χ0n) is 15.0. The number of piperidine rings is 1. The third-order valence-electron chi connectivity index (χ3n) is 5.41. The first-order valence-corrected chi connectivity index (χ1v) is 10.2. The fourth-order valence-electron chi connectivity index (χ4n) is 4.12. The topological polar surface area (TPSA) is 55.3 Å². The van der Waals surface area contributed by atoms with Crippen molar-refractivity contribution in [3.8, 4) is 0 Å². The second-order valence-electron chi connectivity index (χ2n) is 7.27. The first-order valence-electron chi connectivity index (χ1n) is 9.34. The number of anilines is 1. The Labute approximate surface area is 152 Å². The maximum Gasteiger partial charge on any atom is 0.310 e. The van der Waals surface area contributed by atoms with E-state index in [0.717, 1.165) is 48.8 Å². The number of thiophene rings is 1. The summed E-state index contributed by atoms with van der Waals surface area (Å²) in [6.45, 7) is 6.29. The largest absolute Gasteiger partial charge is 0.466 e. The van der Waals surface area contributed by atoms with Gasteiger partial charge in [0, 0.05) is 18.0 Å². The molecule has 134 valence electrons. The van der Waals surface area contributed by atoms with Crippen LogP contribution >= 0.6 is 11.3 Å². The van der Waals surface area contributed by atoms with Crippen molar-refractivity contribution >= 4 is 33.3 Å². The number of fused-ring (bicyclic) bond motifs is 3. The molecule has 1 aliphatic carbocycles. The van der Waals surface area contributed by atoms with Gasteiger partial charge in [-0.15, -0.1) is 11.3 Å². The van der Waals surface area contributed by atoms with Gasteiger partial charge in [-0.05, 0) is 50.5 Å². The smallest absolute Gasteiger partial charge is 0.310 e. The molecule has 2 aliphatic rings. The number of esters is 1. The Morgan fingerprint density at radius 3 is 3.12 bits per heavy atom. The van der Waals surface area contributed by atoms with Gasteiger partial charge in [-0.3, -0.25) is 4.79 Å². The van der Waals surface area contributed by atoms with Crippen LogP contribution in [-0.4, -0.2) is 35.6 Å². The summed E-state index contributed by atoms with van der Waals surface area (Å²) in [4.78, 5) is 26.2. The van der Waals surface area contributed by atoms with Crippen LogP contribution in [0.3, 0.4) is 0 Å². The number of nitrogens with zero attached hydrogens (tertiary/aromatic N) is 3. The lowest BCUT2D eigenvalue weighted by Crippen LogP contribution is -2.40. The molecule has 4 rings (SSSR count). The molecule has 2 atom stereocenters. The summed E-state index contributed by atoms with van der Waals surface area (Å²) in [5.41, 5.74) is 1.45. The van der Waals surface area contributed by atoms with Crippen molar-refractivity contribution in [1.82, 2.24) is 9.97 Å². The van der Waals surface area contributed by atoms with E-state index in [0.29, 0.717) is 13.2 Å². The Balaban J connectivity index is 1.68. The number of hydrogen-bond donors (Lipinski definition) is 0. The van der Waals surface area contributed by atoms with Gasteiger partial charge in [0.05, 0.1) is 17.9 Å². The monoisotopic (exact) mass is 359 g/mol. The fraction of sp³-hybridized carbons (Fsp3) is 0.632. The average Bonchev–Trinajstić information content (AvgIpc) is 2.99. The van der Waals surface area contributed by atoms with E-state index >= 15 is 0 Å². The molecule has 3 heterocycles. The van der Waals surface area contributed by atoms with E-state index in [-0.39, 0.29) is 11.9 Å². The van der Waals surface area contributed by atoms with Crippen LogP contribution in [0.4, 0.5) is 5.82 Å². The molecule has 0 spiro atoms. The van der Waals surface area contributed by atoms with E-state index in [2.05, 4.69) is 21.8 Å². The van der Waals surface area contributed by atoms with E-state index < -0.39 is 0 Å². The SMILES string of the molecule is CCOC(=O)[C@H]1CCCN(c2ncnc3sc4c(c23)CC[C@@H](C)C4)C1. The van der Waals surface area contributed by atoms with Crippen LogP contribution in [0.2, 0.25) is 0 Å². The minimum atomic E-state index is -0.0707. The lowest BCUT2D eigenvalue weighted by atomic mass is 9.89. The molecule has 2 aromatic rings. The first-order chi connectivity index (χ1) is 12.2. The van der Waals surface area contributed by atoms with Crippen molar-refractivity contribution in [3.63, 3.8) is 0 Å². The maximum atomic E-state index is 12.2. The van der Waals surface area contributed by atoms with Gasteiger partial charge in [0.2, 0.25) is 0 Å². The summed E-state index contributed by atoms with van der Waals surface area (Å²) >= 11 is 1.83. The highest BCUT2D eigenvalue weighted by Crippen LogP contribution is 2.41. The van der Waals surface area contributed by atoms with E-state index in [9.17, 15) is 4.79 Å². The average molecular weight is 359 g/mol. The number of aryl methyl sites for hydroxylation is 1. The standard InChI is InChI=1S/C19H25N3O2S/c1-3-24-19(23)13-5-4-8-22(10-13)17-16-14-7-6-12(2)9-15(14)25-18(16)21-11-20-17/h11-13H,3-10H2,1-2H3/t12-,13+/m1/s1. The number of ether oxygens (including phenoxy) is 1. The quantitative estimate of drug-likeness (QED) is 0.784. The van der Waals surface area contributed by atoms with Crippen LogP contribution < -0.4 is 4.90 Å². The number of carbonyl (C=O) groups excluding carboxylic acids is 1. The molecule has 1 saturated heterocycles. The summed E-state index contributed by atoms with van der Waals surface area (Å²) in [5, 5.41) is 1.24. The van der Waals surface area contributed by atoms with Crippen LogP contribution in [-0.2, 0) is 22.4 Å². The zero-order valence-corrected chi connectivity index (χ0v) is 15.8. The van der Waals surface area contributed by atoms with Crippen molar-refractivity contribution in [2.75, 3.05) is 24.6 Å². The highest BCUT2D eigenvalue weighted by Gasteiger charge is 2.30. The summed E-state index contributed by atoms with van der Waals surface area (Å²) in [5.74, 6) is 1.65. The third-order valence-corrected chi connectivity index (χ3v) is 6.57. The van der Waals surface area contributed by atoms with Crippen LogP contribution in [0, 0.1) is 11.8 Å². The molecule has 0 amide bonds. The highest BCUT2D eigenvalue weighted by atomic mass is 32.1. The Hall–Kier alpha value is -1.69. The lowest BCUT2D eigenvalue weighted by molar-refractivity contribution is -0.148. The fourth-order valence-corrected chi connectivity index (χ4v) is 5.47. The molecule has 0 radical (unpaired) electrons. The molecule has 0 unspecified atom stereocenters. The molecular formula is C19H25N3O2S. The molecule has 0 bridgehead atoms. The third kappa shape index (κ3) is 3.12. The van der Waals surface area contributed by atoms with Gasteiger partial charge in [0.15, 0.2) is 0 Å². The highest BCUT2D eigenvalue weighted by molar-refractivity contribution is 7.19. The minimum absolute atomic E-state index is 0.0480. The Morgan fingerprint density at radius 1 is 1.40 bits per heavy atom. The molecule has 6 heteroatoms. The van der Waals surface area contributed by atoms with E-state index in [1.165, 1.54) is 22.2 Å². The molecule has 5 nitrogen and oxygen atoms in total. The zero-order chi connectivity index (χ0) is 17.4.